The van der Waals surface area contributed by atoms with E-state index in [-0.39, 0.29) is 5.91 Å². The van der Waals surface area contributed by atoms with Gasteiger partial charge in [0.15, 0.2) is 0 Å². The normalized spacial score (nSPS) is 15.7. The number of rotatable bonds is 3. The second-order valence-corrected chi connectivity index (χ2v) is 8.59. The Labute approximate surface area is 171 Å². The van der Waals surface area contributed by atoms with Crippen molar-refractivity contribution in [3.8, 4) is 5.75 Å². The number of aromatic nitrogens is 1. The van der Waals surface area contributed by atoms with E-state index in [0.29, 0.717) is 32.9 Å². The van der Waals surface area contributed by atoms with Gasteiger partial charge < -0.3 is 20.7 Å². The number of benzene rings is 1. The number of thiophene rings is 1. The zero-order chi connectivity index (χ0) is 19.4. The van der Waals surface area contributed by atoms with Crippen LogP contribution in [0, 0.1) is 0 Å². The summed E-state index contributed by atoms with van der Waals surface area (Å²) < 4.78 is 5.31. The first kappa shape index (κ1) is 17.6. The van der Waals surface area contributed by atoms with Gasteiger partial charge in [0.05, 0.1) is 29.9 Å². The van der Waals surface area contributed by atoms with Gasteiger partial charge in [-0.15, -0.1) is 11.3 Å². The van der Waals surface area contributed by atoms with E-state index < -0.39 is 0 Å². The predicted octanol–water partition coefficient (Wildman–Crippen LogP) is 4.49. The Morgan fingerprint density at radius 1 is 1.36 bits per heavy atom. The van der Waals surface area contributed by atoms with Crippen molar-refractivity contribution in [3.05, 3.63) is 39.9 Å². The molecular weight excluding hydrogens is 396 g/mol. The molecular formula is C20H19ClN4O2S. The number of carbonyl (C=O) groups excluding carboxylic acids is 1. The second kappa shape index (κ2) is 6.53. The molecule has 3 N–H and O–H groups in total. The molecule has 144 valence electrons. The van der Waals surface area contributed by atoms with Crippen LogP contribution in [0.5, 0.6) is 5.75 Å². The van der Waals surface area contributed by atoms with Crippen LogP contribution in [0.3, 0.4) is 0 Å². The zero-order valence-corrected chi connectivity index (χ0v) is 16.9. The van der Waals surface area contributed by atoms with E-state index in [4.69, 9.17) is 27.1 Å². The number of nitrogens with one attached hydrogen (secondary N) is 1. The fraction of sp³-hybridized carbons (Fsp3) is 0.300. The number of ether oxygens (including phenoxy) is 1. The summed E-state index contributed by atoms with van der Waals surface area (Å²) >= 11 is 7.39. The Morgan fingerprint density at radius 3 is 2.89 bits per heavy atom. The first-order valence-corrected chi connectivity index (χ1v) is 10.4. The Morgan fingerprint density at radius 2 is 2.14 bits per heavy atom. The highest BCUT2D eigenvalue weighted by Gasteiger charge is 2.33. The van der Waals surface area contributed by atoms with Crippen molar-refractivity contribution in [3.63, 3.8) is 0 Å². The Kier molecular flexibility index (Phi) is 4.10. The first-order valence-electron chi connectivity index (χ1n) is 9.18. The lowest BCUT2D eigenvalue weighted by Gasteiger charge is -2.41. The number of anilines is 3. The molecule has 0 radical (unpaired) electrons. The summed E-state index contributed by atoms with van der Waals surface area (Å²) in [5.41, 5.74) is 9.65. The molecule has 5 heterocycles. The Bertz CT molecular complexity index is 1110. The van der Waals surface area contributed by atoms with Gasteiger partial charge >= 0.3 is 0 Å². The van der Waals surface area contributed by atoms with Crippen LogP contribution >= 0.6 is 22.9 Å². The number of methoxy groups -OCH3 is 1. The molecule has 0 unspecified atom stereocenters. The van der Waals surface area contributed by atoms with Crippen molar-refractivity contribution in [1.29, 1.82) is 0 Å². The van der Waals surface area contributed by atoms with Gasteiger partial charge in [-0.05, 0) is 37.1 Å². The van der Waals surface area contributed by atoms with Crippen molar-refractivity contribution >= 4 is 56.1 Å². The maximum Gasteiger partial charge on any atom is 0.268 e. The van der Waals surface area contributed by atoms with Crippen LogP contribution in [0.25, 0.3) is 10.2 Å². The molecule has 2 bridgehead atoms. The van der Waals surface area contributed by atoms with Gasteiger partial charge in [0.2, 0.25) is 0 Å². The molecule has 2 aromatic heterocycles. The largest absolute Gasteiger partial charge is 0.495 e. The molecule has 6 nitrogen and oxygen atoms in total. The SMILES string of the molecule is COc1ccc(Cl)cc1NC(=O)c1sc2nc3c(cc2c1N)N1CCC3CC1. The van der Waals surface area contributed by atoms with E-state index in [1.165, 1.54) is 17.0 Å². The number of nitrogens with two attached hydrogens (primary N) is 1. The minimum absolute atomic E-state index is 0.290. The minimum atomic E-state index is -0.290. The van der Waals surface area contributed by atoms with Crippen molar-refractivity contribution in [2.75, 3.05) is 36.1 Å². The zero-order valence-electron chi connectivity index (χ0n) is 15.3. The van der Waals surface area contributed by atoms with Crippen LogP contribution in [0.2, 0.25) is 5.02 Å². The van der Waals surface area contributed by atoms with Crippen molar-refractivity contribution < 1.29 is 9.53 Å². The second-order valence-electron chi connectivity index (χ2n) is 7.15. The molecule has 3 aliphatic rings. The minimum Gasteiger partial charge on any atom is -0.495 e. The summed E-state index contributed by atoms with van der Waals surface area (Å²) in [5, 5.41) is 4.22. The van der Waals surface area contributed by atoms with E-state index in [1.807, 2.05) is 0 Å². The molecule has 6 rings (SSSR count). The third-order valence-corrected chi connectivity index (χ3v) is 6.92. The molecule has 1 fully saturated rings. The monoisotopic (exact) mass is 414 g/mol. The molecule has 0 spiro atoms. The molecule has 0 atom stereocenters. The number of pyridine rings is 1. The molecule has 3 aromatic rings. The van der Waals surface area contributed by atoms with Crippen LogP contribution in [0.4, 0.5) is 17.1 Å². The highest BCUT2D eigenvalue weighted by Crippen LogP contribution is 2.45. The summed E-state index contributed by atoms with van der Waals surface area (Å²) in [5.74, 6) is 0.762. The molecule has 1 saturated heterocycles. The number of fused-ring (bicyclic) bond motifs is 3. The first-order chi connectivity index (χ1) is 13.5. The fourth-order valence-corrected chi connectivity index (χ4v) is 5.27. The lowest BCUT2D eigenvalue weighted by atomic mass is 9.86. The topological polar surface area (TPSA) is 80.5 Å². The average molecular weight is 415 g/mol. The van der Waals surface area contributed by atoms with Gasteiger partial charge in [0, 0.05) is 29.4 Å². The molecule has 8 heteroatoms. The number of halogens is 1. The van der Waals surface area contributed by atoms with Gasteiger partial charge in [-0.3, -0.25) is 4.79 Å². The third kappa shape index (κ3) is 2.69. The van der Waals surface area contributed by atoms with Gasteiger partial charge in [0.1, 0.15) is 15.5 Å². The quantitative estimate of drug-likeness (QED) is 0.660. The summed E-state index contributed by atoms with van der Waals surface area (Å²) in [7, 11) is 1.55. The standard InChI is InChI=1S/C20H19ClN4O2S/c1-27-15-3-2-11(21)8-13(15)23-19(26)18-16(22)12-9-14-17(24-20(12)28-18)10-4-6-25(14)7-5-10/h2-3,8-10H,4-7,22H2,1H3,(H,23,26). The van der Waals surface area contributed by atoms with E-state index in [9.17, 15) is 4.79 Å². The van der Waals surface area contributed by atoms with Gasteiger partial charge in [-0.25, -0.2) is 4.98 Å². The summed E-state index contributed by atoms with van der Waals surface area (Å²) in [4.78, 5) is 21.5. The fourth-order valence-electron chi connectivity index (χ4n) is 4.12. The van der Waals surface area contributed by atoms with Crippen LogP contribution in [-0.2, 0) is 0 Å². The van der Waals surface area contributed by atoms with Crippen molar-refractivity contribution in [1.82, 2.24) is 4.98 Å². The number of hydrogen-bond acceptors (Lipinski definition) is 6. The number of nitrogens with zero attached hydrogens (tertiary/aromatic N) is 2. The van der Waals surface area contributed by atoms with E-state index in [1.54, 1.807) is 25.3 Å². The molecule has 0 saturated carbocycles. The maximum atomic E-state index is 12.9. The number of piperidine rings is 1. The number of carbonyl (C=O) groups is 1. The van der Waals surface area contributed by atoms with E-state index >= 15 is 0 Å². The smallest absolute Gasteiger partial charge is 0.268 e. The van der Waals surface area contributed by atoms with Crippen LogP contribution < -0.4 is 20.7 Å². The Balaban J connectivity index is 1.54. The third-order valence-electron chi connectivity index (χ3n) is 5.57. The summed E-state index contributed by atoms with van der Waals surface area (Å²) in [6.07, 6.45) is 2.29. The van der Waals surface area contributed by atoms with E-state index in [2.05, 4.69) is 16.3 Å². The van der Waals surface area contributed by atoms with Crippen LogP contribution in [0.1, 0.15) is 34.1 Å². The average Bonchev–Trinajstić information content (AvgIpc) is 3.04. The molecule has 3 aliphatic heterocycles. The number of nitrogen functional groups attached to an aromatic ring is 1. The molecule has 1 amide bonds. The summed E-state index contributed by atoms with van der Waals surface area (Å²) in [6.45, 7) is 2.13. The molecule has 28 heavy (non-hydrogen) atoms. The maximum absolute atomic E-state index is 12.9. The predicted molar refractivity (Wildman–Crippen MR) is 114 cm³/mol. The molecule has 1 aromatic carbocycles. The van der Waals surface area contributed by atoms with Crippen molar-refractivity contribution in [2.45, 2.75) is 18.8 Å². The number of hydrogen-bond donors (Lipinski definition) is 2. The Hall–Kier alpha value is -2.51. The summed E-state index contributed by atoms with van der Waals surface area (Å²) in [6, 6.07) is 7.18. The van der Waals surface area contributed by atoms with Gasteiger partial charge in [0.25, 0.3) is 5.91 Å². The number of amides is 1. The lowest BCUT2D eigenvalue weighted by molar-refractivity contribution is 0.103. The highest BCUT2D eigenvalue weighted by molar-refractivity contribution is 7.21. The highest BCUT2D eigenvalue weighted by atomic mass is 35.5. The van der Waals surface area contributed by atoms with Crippen LogP contribution in [0.15, 0.2) is 24.3 Å². The lowest BCUT2D eigenvalue weighted by Crippen LogP contribution is -2.39. The van der Waals surface area contributed by atoms with Gasteiger partial charge in [-0.2, -0.15) is 0 Å². The van der Waals surface area contributed by atoms with Crippen molar-refractivity contribution in [2.24, 2.45) is 0 Å². The van der Waals surface area contributed by atoms with Crippen LogP contribution in [-0.4, -0.2) is 31.1 Å². The van der Waals surface area contributed by atoms with Gasteiger partial charge in [-0.1, -0.05) is 11.6 Å². The molecule has 0 aliphatic carbocycles. The van der Waals surface area contributed by atoms with E-state index in [0.717, 1.165) is 41.8 Å².